The second-order valence-corrected chi connectivity index (χ2v) is 5.05. The number of hydrogen-bond acceptors (Lipinski definition) is 3. The molecule has 2 unspecified atom stereocenters. The highest BCUT2D eigenvalue weighted by Crippen LogP contribution is 2.17. The molecule has 0 radical (unpaired) electrons. The van der Waals surface area contributed by atoms with Gasteiger partial charge in [-0.05, 0) is 44.5 Å². The summed E-state index contributed by atoms with van der Waals surface area (Å²) in [5, 5.41) is 9.83. The monoisotopic (exact) mass is 285 g/mol. The third kappa shape index (κ3) is 5.49. The summed E-state index contributed by atoms with van der Waals surface area (Å²) in [6.45, 7) is 3.91. The van der Waals surface area contributed by atoms with Gasteiger partial charge in [0.15, 0.2) is 6.10 Å². The number of halogens is 1. The van der Waals surface area contributed by atoms with Gasteiger partial charge in [0.25, 0.3) is 5.91 Å². The van der Waals surface area contributed by atoms with Crippen LogP contribution in [0.1, 0.15) is 20.3 Å². The first kappa shape index (κ1) is 15.8. The standard InChI is InChI=1S/C14H20ClNO3/c1-10(17)8-9-16(3)14(18)11(2)19-13-6-4-12(15)5-7-13/h4-7,10-11,17H,8-9H2,1-3H3. The van der Waals surface area contributed by atoms with E-state index in [0.29, 0.717) is 23.7 Å². The number of ether oxygens (including phenoxy) is 1. The maximum Gasteiger partial charge on any atom is 0.263 e. The fourth-order valence-corrected chi connectivity index (χ4v) is 1.69. The molecule has 4 nitrogen and oxygen atoms in total. The van der Waals surface area contributed by atoms with Crippen molar-refractivity contribution in [2.75, 3.05) is 13.6 Å². The van der Waals surface area contributed by atoms with Crippen LogP contribution in [0.3, 0.4) is 0 Å². The normalized spacial score (nSPS) is 13.7. The number of amides is 1. The van der Waals surface area contributed by atoms with Crippen LogP contribution in [0.15, 0.2) is 24.3 Å². The van der Waals surface area contributed by atoms with Crippen LogP contribution in [0.25, 0.3) is 0 Å². The lowest BCUT2D eigenvalue weighted by molar-refractivity contribution is -0.136. The van der Waals surface area contributed by atoms with E-state index in [-0.39, 0.29) is 5.91 Å². The molecule has 1 aromatic carbocycles. The third-order valence-electron chi connectivity index (χ3n) is 2.73. The number of hydrogen-bond donors (Lipinski definition) is 1. The van der Waals surface area contributed by atoms with Gasteiger partial charge < -0.3 is 14.7 Å². The summed E-state index contributed by atoms with van der Waals surface area (Å²) in [6.07, 6.45) is -0.432. The Morgan fingerprint density at radius 1 is 1.37 bits per heavy atom. The van der Waals surface area contributed by atoms with Crippen LogP contribution in [0.2, 0.25) is 5.02 Å². The van der Waals surface area contributed by atoms with E-state index >= 15 is 0 Å². The number of carbonyl (C=O) groups is 1. The maximum atomic E-state index is 12.0. The maximum absolute atomic E-state index is 12.0. The van der Waals surface area contributed by atoms with E-state index in [4.69, 9.17) is 16.3 Å². The molecule has 1 amide bonds. The van der Waals surface area contributed by atoms with Crippen LogP contribution >= 0.6 is 11.6 Å². The van der Waals surface area contributed by atoms with Crippen LogP contribution in [0.4, 0.5) is 0 Å². The van der Waals surface area contributed by atoms with Crippen LogP contribution in [0, 0.1) is 0 Å². The number of nitrogens with zero attached hydrogens (tertiary/aromatic N) is 1. The van der Waals surface area contributed by atoms with Crippen molar-refractivity contribution in [1.29, 1.82) is 0 Å². The number of aliphatic hydroxyl groups excluding tert-OH is 1. The number of likely N-dealkylation sites (N-methyl/N-ethyl adjacent to an activating group) is 1. The molecule has 0 bridgehead atoms. The average Bonchev–Trinajstić information content (AvgIpc) is 2.37. The largest absolute Gasteiger partial charge is 0.481 e. The molecule has 0 heterocycles. The molecular formula is C14H20ClNO3. The molecule has 0 aromatic heterocycles. The minimum absolute atomic E-state index is 0.115. The van der Waals surface area contributed by atoms with Crippen molar-refractivity contribution in [2.24, 2.45) is 0 Å². The predicted molar refractivity (Wildman–Crippen MR) is 75.5 cm³/mol. The topological polar surface area (TPSA) is 49.8 Å². The summed E-state index contributed by atoms with van der Waals surface area (Å²) in [7, 11) is 1.70. The molecule has 0 spiro atoms. The first-order chi connectivity index (χ1) is 8.90. The van der Waals surface area contributed by atoms with E-state index in [1.165, 1.54) is 0 Å². The van der Waals surface area contributed by atoms with Crippen molar-refractivity contribution in [3.8, 4) is 5.75 Å². The van der Waals surface area contributed by atoms with Crippen LogP contribution in [-0.2, 0) is 4.79 Å². The molecule has 106 valence electrons. The highest BCUT2D eigenvalue weighted by Gasteiger charge is 2.19. The Labute approximate surface area is 118 Å². The summed E-state index contributed by atoms with van der Waals surface area (Å²) in [5.74, 6) is 0.491. The summed E-state index contributed by atoms with van der Waals surface area (Å²) < 4.78 is 5.55. The molecule has 1 N–H and O–H groups in total. The van der Waals surface area contributed by atoms with E-state index in [1.807, 2.05) is 0 Å². The Bertz CT molecular complexity index is 406. The van der Waals surface area contributed by atoms with Gasteiger partial charge in [0.1, 0.15) is 5.75 Å². The highest BCUT2D eigenvalue weighted by atomic mass is 35.5. The number of rotatable bonds is 6. The third-order valence-corrected chi connectivity index (χ3v) is 2.98. The van der Waals surface area contributed by atoms with Crippen LogP contribution < -0.4 is 4.74 Å². The molecule has 0 saturated heterocycles. The van der Waals surface area contributed by atoms with Crippen molar-refractivity contribution in [1.82, 2.24) is 4.90 Å². The lowest BCUT2D eigenvalue weighted by Gasteiger charge is -2.22. The fraction of sp³-hybridized carbons (Fsp3) is 0.500. The van der Waals surface area contributed by atoms with E-state index < -0.39 is 12.2 Å². The van der Waals surface area contributed by atoms with Gasteiger partial charge in [-0.25, -0.2) is 0 Å². The molecule has 0 aliphatic rings. The van der Waals surface area contributed by atoms with E-state index in [1.54, 1.807) is 50.1 Å². The van der Waals surface area contributed by atoms with Crippen molar-refractivity contribution in [2.45, 2.75) is 32.5 Å². The molecule has 0 aliphatic carbocycles. The zero-order valence-electron chi connectivity index (χ0n) is 11.5. The van der Waals surface area contributed by atoms with Gasteiger partial charge in [0.05, 0.1) is 6.10 Å². The average molecular weight is 286 g/mol. The zero-order valence-corrected chi connectivity index (χ0v) is 12.2. The minimum atomic E-state index is -0.569. The lowest BCUT2D eigenvalue weighted by atomic mass is 10.2. The Morgan fingerprint density at radius 2 is 1.95 bits per heavy atom. The molecule has 1 aromatic rings. The number of aliphatic hydroxyl groups is 1. The van der Waals surface area contributed by atoms with Crippen LogP contribution in [0.5, 0.6) is 5.75 Å². The van der Waals surface area contributed by atoms with Gasteiger partial charge in [-0.1, -0.05) is 11.6 Å². The molecule has 2 atom stereocenters. The van der Waals surface area contributed by atoms with Crippen molar-refractivity contribution < 1.29 is 14.6 Å². The van der Waals surface area contributed by atoms with Crippen molar-refractivity contribution in [3.05, 3.63) is 29.3 Å². The fourth-order valence-electron chi connectivity index (χ4n) is 1.57. The van der Waals surface area contributed by atoms with Crippen LogP contribution in [-0.4, -0.2) is 41.7 Å². The Kier molecular flexibility index (Phi) is 6.12. The van der Waals surface area contributed by atoms with Crippen molar-refractivity contribution in [3.63, 3.8) is 0 Å². The SMILES string of the molecule is CC(O)CCN(C)C(=O)C(C)Oc1ccc(Cl)cc1. The number of benzene rings is 1. The molecule has 0 fully saturated rings. The molecule has 19 heavy (non-hydrogen) atoms. The quantitative estimate of drug-likeness (QED) is 0.873. The molecule has 0 saturated carbocycles. The number of carbonyl (C=O) groups excluding carboxylic acids is 1. The first-order valence-electron chi connectivity index (χ1n) is 6.25. The van der Waals surface area contributed by atoms with Gasteiger partial charge in [0.2, 0.25) is 0 Å². The Balaban J connectivity index is 2.50. The van der Waals surface area contributed by atoms with Crippen molar-refractivity contribution >= 4 is 17.5 Å². The van der Waals surface area contributed by atoms with Gasteiger partial charge in [-0.3, -0.25) is 4.79 Å². The second kappa shape index (κ2) is 7.36. The van der Waals surface area contributed by atoms with E-state index in [9.17, 15) is 9.90 Å². The second-order valence-electron chi connectivity index (χ2n) is 4.61. The smallest absolute Gasteiger partial charge is 0.263 e. The van der Waals surface area contributed by atoms with E-state index in [0.717, 1.165) is 0 Å². The minimum Gasteiger partial charge on any atom is -0.481 e. The summed E-state index contributed by atoms with van der Waals surface area (Å²) in [5.41, 5.74) is 0. The molecule has 1 rings (SSSR count). The Hall–Kier alpha value is -1.26. The zero-order chi connectivity index (χ0) is 14.4. The summed E-state index contributed by atoms with van der Waals surface area (Å²) in [4.78, 5) is 13.6. The molecular weight excluding hydrogens is 266 g/mol. The Morgan fingerprint density at radius 3 is 2.47 bits per heavy atom. The summed E-state index contributed by atoms with van der Waals surface area (Å²) in [6, 6.07) is 6.88. The summed E-state index contributed by atoms with van der Waals surface area (Å²) >= 11 is 5.78. The van der Waals surface area contributed by atoms with Gasteiger partial charge >= 0.3 is 0 Å². The van der Waals surface area contributed by atoms with Gasteiger partial charge in [-0.2, -0.15) is 0 Å². The molecule has 0 aliphatic heterocycles. The lowest BCUT2D eigenvalue weighted by Crippen LogP contribution is -2.39. The predicted octanol–water partition coefficient (Wildman–Crippen LogP) is 2.34. The first-order valence-corrected chi connectivity index (χ1v) is 6.63. The van der Waals surface area contributed by atoms with Gasteiger partial charge in [0, 0.05) is 18.6 Å². The van der Waals surface area contributed by atoms with E-state index in [2.05, 4.69) is 0 Å². The van der Waals surface area contributed by atoms with Gasteiger partial charge in [-0.15, -0.1) is 0 Å². The highest BCUT2D eigenvalue weighted by molar-refractivity contribution is 6.30. The molecule has 5 heteroatoms.